The van der Waals surface area contributed by atoms with Gasteiger partial charge >= 0.3 is 12.0 Å². The van der Waals surface area contributed by atoms with Crippen LogP contribution in [0.3, 0.4) is 0 Å². The van der Waals surface area contributed by atoms with Crippen molar-refractivity contribution in [2.24, 2.45) is 5.73 Å². The summed E-state index contributed by atoms with van der Waals surface area (Å²) in [5.41, 5.74) is 5.27. The summed E-state index contributed by atoms with van der Waals surface area (Å²) < 4.78 is 0. The van der Waals surface area contributed by atoms with Gasteiger partial charge in [0.1, 0.15) is 0 Å². The standard InChI is InChI=1S/C11H20N2O3S/c1-13(11(12)16)8-6-7-17-9(8)4-2-3-5-10(14)15/h8-9H,2-7H2,1H3,(H2,12,16)(H,14,15). The van der Waals surface area contributed by atoms with Crippen LogP contribution in [0.5, 0.6) is 0 Å². The van der Waals surface area contributed by atoms with Crippen molar-refractivity contribution in [2.75, 3.05) is 12.8 Å². The molecule has 2 amide bonds. The third-order valence-corrected chi connectivity index (χ3v) is 4.60. The number of amides is 2. The van der Waals surface area contributed by atoms with Crippen LogP contribution in [0.1, 0.15) is 32.1 Å². The molecule has 0 spiro atoms. The number of urea groups is 1. The third kappa shape index (κ3) is 4.46. The number of nitrogens with zero attached hydrogens (tertiary/aromatic N) is 1. The van der Waals surface area contributed by atoms with Gasteiger partial charge in [-0.05, 0) is 25.0 Å². The number of primary amides is 1. The Hall–Kier alpha value is -0.910. The maximum atomic E-state index is 11.1. The van der Waals surface area contributed by atoms with E-state index in [0.29, 0.717) is 11.7 Å². The van der Waals surface area contributed by atoms with Crippen molar-refractivity contribution >= 4 is 23.8 Å². The van der Waals surface area contributed by atoms with Crippen LogP contribution in [0, 0.1) is 0 Å². The van der Waals surface area contributed by atoms with E-state index < -0.39 is 5.97 Å². The highest BCUT2D eigenvalue weighted by atomic mass is 32.2. The number of rotatable bonds is 6. The minimum atomic E-state index is -0.741. The first-order valence-corrected chi connectivity index (χ1v) is 6.93. The second-order valence-electron chi connectivity index (χ2n) is 4.35. The van der Waals surface area contributed by atoms with Gasteiger partial charge < -0.3 is 15.7 Å². The number of aliphatic carboxylic acids is 1. The van der Waals surface area contributed by atoms with E-state index in [4.69, 9.17) is 10.8 Å². The smallest absolute Gasteiger partial charge is 0.314 e. The Morgan fingerprint density at radius 2 is 2.18 bits per heavy atom. The van der Waals surface area contributed by atoms with Crippen molar-refractivity contribution in [3.05, 3.63) is 0 Å². The summed E-state index contributed by atoms with van der Waals surface area (Å²) >= 11 is 1.86. The van der Waals surface area contributed by atoms with Gasteiger partial charge in [-0.2, -0.15) is 11.8 Å². The highest BCUT2D eigenvalue weighted by Gasteiger charge is 2.32. The molecule has 0 aliphatic carbocycles. The molecule has 0 bridgehead atoms. The molecule has 1 fully saturated rings. The van der Waals surface area contributed by atoms with Gasteiger partial charge in [-0.3, -0.25) is 4.79 Å². The van der Waals surface area contributed by atoms with Crippen molar-refractivity contribution < 1.29 is 14.7 Å². The van der Waals surface area contributed by atoms with Gasteiger partial charge in [0.25, 0.3) is 0 Å². The molecular weight excluding hydrogens is 240 g/mol. The molecule has 0 saturated carbocycles. The number of thioether (sulfide) groups is 1. The molecule has 3 N–H and O–H groups in total. The fraction of sp³-hybridized carbons (Fsp3) is 0.818. The first-order chi connectivity index (χ1) is 8.02. The van der Waals surface area contributed by atoms with E-state index in [2.05, 4.69) is 0 Å². The van der Waals surface area contributed by atoms with Crippen LogP contribution >= 0.6 is 11.8 Å². The Bertz CT molecular complexity index is 286. The van der Waals surface area contributed by atoms with Gasteiger partial charge in [0.05, 0.1) is 0 Å². The number of carbonyl (C=O) groups excluding carboxylic acids is 1. The van der Waals surface area contributed by atoms with Gasteiger partial charge in [-0.25, -0.2) is 4.79 Å². The molecule has 1 heterocycles. The molecule has 0 aromatic carbocycles. The Balaban J connectivity index is 2.31. The Kier molecular flexibility index (Phi) is 5.61. The van der Waals surface area contributed by atoms with Crippen molar-refractivity contribution in [2.45, 2.75) is 43.4 Å². The van der Waals surface area contributed by atoms with E-state index in [9.17, 15) is 9.59 Å². The van der Waals surface area contributed by atoms with E-state index in [-0.39, 0.29) is 18.5 Å². The molecule has 2 unspecified atom stereocenters. The second kappa shape index (κ2) is 6.74. The molecule has 1 aliphatic heterocycles. The van der Waals surface area contributed by atoms with Crippen molar-refractivity contribution in [1.29, 1.82) is 0 Å². The zero-order chi connectivity index (χ0) is 12.8. The van der Waals surface area contributed by atoms with Gasteiger partial charge in [0.2, 0.25) is 0 Å². The molecule has 0 aromatic rings. The van der Waals surface area contributed by atoms with E-state index >= 15 is 0 Å². The van der Waals surface area contributed by atoms with Gasteiger partial charge in [0, 0.05) is 24.8 Å². The van der Waals surface area contributed by atoms with Crippen molar-refractivity contribution in [3.8, 4) is 0 Å². The van der Waals surface area contributed by atoms with Crippen molar-refractivity contribution in [3.63, 3.8) is 0 Å². The summed E-state index contributed by atoms with van der Waals surface area (Å²) in [7, 11) is 1.74. The lowest BCUT2D eigenvalue weighted by atomic mass is 10.0. The van der Waals surface area contributed by atoms with Crippen LogP contribution in [-0.4, -0.2) is 46.1 Å². The predicted octanol–water partition coefficient (Wildman–Crippen LogP) is 1.52. The summed E-state index contributed by atoms with van der Waals surface area (Å²) in [5, 5.41) is 8.95. The van der Waals surface area contributed by atoms with E-state index in [0.717, 1.165) is 25.0 Å². The average molecular weight is 260 g/mol. The third-order valence-electron chi connectivity index (χ3n) is 3.15. The molecule has 98 valence electrons. The number of carboxylic acids is 1. The molecular formula is C11H20N2O3S. The molecule has 0 radical (unpaired) electrons. The maximum Gasteiger partial charge on any atom is 0.314 e. The summed E-state index contributed by atoms with van der Waals surface area (Å²) in [5.74, 6) is 0.307. The fourth-order valence-electron chi connectivity index (χ4n) is 2.14. The molecule has 17 heavy (non-hydrogen) atoms. The zero-order valence-corrected chi connectivity index (χ0v) is 10.9. The first-order valence-electron chi connectivity index (χ1n) is 5.88. The highest BCUT2D eigenvalue weighted by molar-refractivity contribution is 8.00. The molecule has 1 rings (SSSR count). The molecule has 1 saturated heterocycles. The van der Waals surface area contributed by atoms with Gasteiger partial charge in [0.15, 0.2) is 0 Å². The van der Waals surface area contributed by atoms with Crippen molar-refractivity contribution in [1.82, 2.24) is 4.90 Å². The van der Waals surface area contributed by atoms with Crippen LogP contribution in [0.15, 0.2) is 0 Å². The molecule has 0 aromatic heterocycles. The number of hydrogen-bond acceptors (Lipinski definition) is 3. The van der Waals surface area contributed by atoms with Crippen LogP contribution in [0.2, 0.25) is 0 Å². The first kappa shape index (κ1) is 14.2. The quantitative estimate of drug-likeness (QED) is 0.709. The lowest BCUT2D eigenvalue weighted by molar-refractivity contribution is -0.137. The highest BCUT2D eigenvalue weighted by Crippen LogP contribution is 2.33. The summed E-state index contributed by atoms with van der Waals surface area (Å²) in [6.45, 7) is 0. The van der Waals surface area contributed by atoms with Gasteiger partial charge in [-0.1, -0.05) is 6.42 Å². The van der Waals surface area contributed by atoms with E-state index in [1.165, 1.54) is 0 Å². The summed E-state index contributed by atoms with van der Waals surface area (Å²) in [6, 6.07) is -0.171. The van der Waals surface area contributed by atoms with Gasteiger partial charge in [-0.15, -0.1) is 0 Å². The number of carbonyl (C=O) groups is 2. The molecule has 1 aliphatic rings. The molecule has 2 atom stereocenters. The topological polar surface area (TPSA) is 83.6 Å². The number of hydrogen-bond donors (Lipinski definition) is 2. The minimum absolute atomic E-state index is 0.210. The Morgan fingerprint density at radius 1 is 1.47 bits per heavy atom. The van der Waals surface area contributed by atoms with Crippen LogP contribution in [-0.2, 0) is 4.79 Å². The SMILES string of the molecule is CN(C(N)=O)C1CCSC1CCCCC(=O)O. The van der Waals surface area contributed by atoms with Crippen LogP contribution in [0.25, 0.3) is 0 Å². The van der Waals surface area contributed by atoms with E-state index in [1.54, 1.807) is 11.9 Å². The number of nitrogens with two attached hydrogens (primary N) is 1. The van der Waals surface area contributed by atoms with E-state index in [1.807, 2.05) is 11.8 Å². The molecule has 6 heteroatoms. The number of unbranched alkanes of at least 4 members (excludes halogenated alkanes) is 1. The Labute approximate surface area is 106 Å². The number of carboxylic acid groups (broad SMARTS) is 1. The zero-order valence-electron chi connectivity index (χ0n) is 10.1. The monoisotopic (exact) mass is 260 g/mol. The lowest BCUT2D eigenvalue weighted by Crippen LogP contribution is -2.43. The average Bonchev–Trinajstić information content (AvgIpc) is 2.71. The second-order valence-corrected chi connectivity index (χ2v) is 5.70. The normalized spacial score (nSPS) is 23.6. The van der Waals surface area contributed by atoms with Crippen LogP contribution in [0.4, 0.5) is 4.79 Å². The van der Waals surface area contributed by atoms with Crippen LogP contribution < -0.4 is 5.73 Å². The Morgan fingerprint density at radius 3 is 2.76 bits per heavy atom. The fourth-order valence-corrected chi connectivity index (χ4v) is 3.70. The maximum absolute atomic E-state index is 11.1. The minimum Gasteiger partial charge on any atom is -0.481 e. The lowest BCUT2D eigenvalue weighted by Gasteiger charge is -2.27. The largest absolute Gasteiger partial charge is 0.481 e. The summed E-state index contributed by atoms with van der Waals surface area (Å²) in [6.07, 6.45) is 3.77. The molecule has 5 nitrogen and oxygen atoms in total. The summed E-state index contributed by atoms with van der Waals surface area (Å²) in [4.78, 5) is 23.1. The predicted molar refractivity (Wildman–Crippen MR) is 68.1 cm³/mol.